The third-order valence-corrected chi connectivity index (χ3v) is 3.25. The zero-order valence-corrected chi connectivity index (χ0v) is 10.7. The van der Waals surface area contributed by atoms with Crippen molar-refractivity contribution in [2.45, 2.75) is 25.5 Å². The Hall–Kier alpha value is -1.06. The molecule has 0 spiro atoms. The van der Waals surface area contributed by atoms with Crippen LogP contribution in [0.4, 0.5) is 0 Å². The maximum absolute atomic E-state index is 10.3. The number of methoxy groups -OCH3 is 1. The van der Waals surface area contributed by atoms with Gasteiger partial charge in [0.05, 0.1) is 13.2 Å². The Labute approximate surface area is 97.7 Å². The Morgan fingerprint density at radius 1 is 1.19 bits per heavy atom. The molecule has 0 amide bonds. The predicted octanol–water partition coefficient (Wildman–Crippen LogP) is 2.07. The van der Waals surface area contributed by atoms with Crippen molar-refractivity contribution in [2.75, 3.05) is 21.2 Å². The minimum atomic E-state index is -0.520. The second-order valence-electron chi connectivity index (χ2n) is 4.72. The van der Waals surface area contributed by atoms with Crippen LogP contribution in [0.5, 0.6) is 5.75 Å². The summed E-state index contributed by atoms with van der Waals surface area (Å²) < 4.78 is 5.09. The summed E-state index contributed by atoms with van der Waals surface area (Å²) >= 11 is 0. The normalized spacial score (nSPS) is 13.9. The van der Waals surface area contributed by atoms with Gasteiger partial charge in [-0.3, -0.25) is 0 Å². The molecule has 0 heterocycles. The van der Waals surface area contributed by atoms with Gasteiger partial charge in [-0.1, -0.05) is 12.1 Å². The summed E-state index contributed by atoms with van der Waals surface area (Å²) in [6.07, 6.45) is -0.520. The standard InChI is InChI=1S/C13H21NO2/c1-13(2,14(3)4)12(15)10-6-8-11(16-5)9-7-10/h6-9,12,15H,1-5H3. The van der Waals surface area contributed by atoms with Crippen LogP contribution >= 0.6 is 0 Å². The van der Waals surface area contributed by atoms with Gasteiger partial charge in [-0.2, -0.15) is 0 Å². The SMILES string of the molecule is COc1ccc(C(O)C(C)(C)N(C)C)cc1. The summed E-state index contributed by atoms with van der Waals surface area (Å²) in [5.74, 6) is 0.804. The van der Waals surface area contributed by atoms with Gasteiger partial charge in [-0.25, -0.2) is 0 Å². The highest BCUT2D eigenvalue weighted by molar-refractivity contribution is 5.29. The van der Waals surface area contributed by atoms with Crippen molar-refractivity contribution >= 4 is 0 Å². The fourth-order valence-corrected chi connectivity index (χ4v) is 1.44. The van der Waals surface area contributed by atoms with Crippen LogP contribution in [0.1, 0.15) is 25.5 Å². The van der Waals surface area contributed by atoms with Crippen molar-refractivity contribution in [3.63, 3.8) is 0 Å². The maximum atomic E-state index is 10.3. The first-order valence-electron chi connectivity index (χ1n) is 5.39. The van der Waals surface area contributed by atoms with E-state index in [0.717, 1.165) is 11.3 Å². The van der Waals surface area contributed by atoms with Crippen molar-refractivity contribution in [1.82, 2.24) is 4.90 Å². The van der Waals surface area contributed by atoms with Crippen LogP contribution in [0, 0.1) is 0 Å². The number of ether oxygens (including phenoxy) is 1. The highest BCUT2D eigenvalue weighted by Gasteiger charge is 2.31. The molecular weight excluding hydrogens is 202 g/mol. The minimum absolute atomic E-state index is 0.297. The molecule has 0 saturated carbocycles. The molecule has 0 radical (unpaired) electrons. The van der Waals surface area contributed by atoms with Gasteiger partial charge >= 0.3 is 0 Å². The molecule has 1 N–H and O–H groups in total. The lowest BCUT2D eigenvalue weighted by Crippen LogP contribution is -2.43. The number of hydrogen-bond donors (Lipinski definition) is 1. The quantitative estimate of drug-likeness (QED) is 0.848. The van der Waals surface area contributed by atoms with E-state index in [9.17, 15) is 5.11 Å². The number of benzene rings is 1. The molecule has 0 aromatic heterocycles. The molecule has 16 heavy (non-hydrogen) atoms. The first kappa shape index (κ1) is 13.0. The maximum Gasteiger partial charge on any atom is 0.118 e. The highest BCUT2D eigenvalue weighted by atomic mass is 16.5. The molecule has 90 valence electrons. The van der Waals surface area contributed by atoms with Gasteiger partial charge in [0.25, 0.3) is 0 Å². The van der Waals surface area contributed by atoms with Crippen LogP contribution in [0.15, 0.2) is 24.3 Å². The highest BCUT2D eigenvalue weighted by Crippen LogP contribution is 2.30. The summed E-state index contributed by atoms with van der Waals surface area (Å²) in [5.41, 5.74) is 0.605. The first-order valence-corrected chi connectivity index (χ1v) is 5.39. The van der Waals surface area contributed by atoms with E-state index in [0.29, 0.717) is 0 Å². The van der Waals surface area contributed by atoms with Gasteiger partial charge in [0, 0.05) is 5.54 Å². The van der Waals surface area contributed by atoms with Crippen molar-refractivity contribution in [3.05, 3.63) is 29.8 Å². The van der Waals surface area contributed by atoms with Crippen LogP contribution in [-0.2, 0) is 0 Å². The molecule has 1 rings (SSSR count). The van der Waals surface area contributed by atoms with Crippen LogP contribution in [0.3, 0.4) is 0 Å². The lowest BCUT2D eigenvalue weighted by atomic mass is 9.90. The number of hydrogen-bond acceptors (Lipinski definition) is 3. The van der Waals surface area contributed by atoms with Crippen molar-refractivity contribution in [2.24, 2.45) is 0 Å². The molecule has 0 saturated heterocycles. The average molecular weight is 223 g/mol. The van der Waals surface area contributed by atoms with Gasteiger partial charge in [-0.15, -0.1) is 0 Å². The topological polar surface area (TPSA) is 32.7 Å². The molecule has 1 aromatic rings. The Balaban J connectivity index is 2.91. The number of nitrogens with zero attached hydrogens (tertiary/aromatic N) is 1. The fraction of sp³-hybridized carbons (Fsp3) is 0.538. The minimum Gasteiger partial charge on any atom is -0.497 e. The largest absolute Gasteiger partial charge is 0.497 e. The fourth-order valence-electron chi connectivity index (χ4n) is 1.44. The lowest BCUT2D eigenvalue weighted by molar-refractivity contribution is 0.0164. The van der Waals surface area contributed by atoms with Crippen molar-refractivity contribution < 1.29 is 9.84 Å². The lowest BCUT2D eigenvalue weighted by Gasteiger charge is -2.37. The van der Waals surface area contributed by atoms with Crippen molar-refractivity contribution in [1.29, 1.82) is 0 Å². The van der Waals surface area contributed by atoms with E-state index >= 15 is 0 Å². The Morgan fingerprint density at radius 2 is 1.69 bits per heavy atom. The molecule has 1 aromatic carbocycles. The van der Waals surface area contributed by atoms with Gasteiger partial charge in [0.2, 0.25) is 0 Å². The second kappa shape index (κ2) is 4.85. The number of rotatable bonds is 4. The van der Waals surface area contributed by atoms with Crippen LogP contribution in [0.2, 0.25) is 0 Å². The summed E-state index contributed by atoms with van der Waals surface area (Å²) in [6, 6.07) is 7.53. The summed E-state index contributed by atoms with van der Waals surface area (Å²) in [5, 5.41) is 10.3. The smallest absolute Gasteiger partial charge is 0.118 e. The van der Waals surface area contributed by atoms with Gasteiger partial charge in [0.15, 0.2) is 0 Å². The predicted molar refractivity (Wildman–Crippen MR) is 65.7 cm³/mol. The molecule has 1 atom stereocenters. The zero-order valence-electron chi connectivity index (χ0n) is 10.7. The van der Waals surface area contributed by atoms with E-state index in [2.05, 4.69) is 0 Å². The molecule has 0 aliphatic rings. The number of aliphatic hydroxyl groups excluding tert-OH is 1. The summed E-state index contributed by atoms with van der Waals surface area (Å²) in [7, 11) is 5.56. The molecule has 0 aliphatic heterocycles. The molecule has 0 aliphatic carbocycles. The van der Waals surface area contributed by atoms with Gasteiger partial charge in [0.1, 0.15) is 5.75 Å². The number of aliphatic hydroxyl groups is 1. The Morgan fingerprint density at radius 3 is 2.06 bits per heavy atom. The van der Waals surface area contributed by atoms with Gasteiger partial charge < -0.3 is 14.7 Å². The van der Waals surface area contributed by atoms with E-state index in [1.165, 1.54) is 0 Å². The molecular formula is C13H21NO2. The monoisotopic (exact) mass is 223 g/mol. The third-order valence-electron chi connectivity index (χ3n) is 3.25. The molecule has 0 bridgehead atoms. The Kier molecular flexibility index (Phi) is 3.94. The third kappa shape index (κ3) is 2.54. The van der Waals surface area contributed by atoms with E-state index in [1.807, 2.05) is 57.1 Å². The molecule has 1 unspecified atom stereocenters. The van der Waals surface area contributed by atoms with E-state index < -0.39 is 6.10 Å². The number of likely N-dealkylation sites (N-methyl/N-ethyl adjacent to an activating group) is 1. The zero-order chi connectivity index (χ0) is 12.3. The first-order chi connectivity index (χ1) is 7.39. The van der Waals surface area contributed by atoms with E-state index in [-0.39, 0.29) is 5.54 Å². The van der Waals surface area contributed by atoms with E-state index in [1.54, 1.807) is 7.11 Å². The average Bonchev–Trinajstić information content (AvgIpc) is 2.28. The summed E-state index contributed by atoms with van der Waals surface area (Å²) in [4.78, 5) is 2.02. The Bertz CT molecular complexity index is 330. The summed E-state index contributed by atoms with van der Waals surface area (Å²) in [6.45, 7) is 4.03. The van der Waals surface area contributed by atoms with Crippen molar-refractivity contribution in [3.8, 4) is 5.75 Å². The van der Waals surface area contributed by atoms with Crippen LogP contribution in [-0.4, -0.2) is 36.8 Å². The van der Waals surface area contributed by atoms with E-state index in [4.69, 9.17) is 4.74 Å². The molecule has 3 heteroatoms. The van der Waals surface area contributed by atoms with Gasteiger partial charge in [-0.05, 0) is 45.6 Å². The van der Waals surface area contributed by atoms with Crippen LogP contribution < -0.4 is 4.74 Å². The molecule has 0 fully saturated rings. The second-order valence-corrected chi connectivity index (χ2v) is 4.72. The molecule has 3 nitrogen and oxygen atoms in total. The van der Waals surface area contributed by atoms with Crippen LogP contribution in [0.25, 0.3) is 0 Å².